The Morgan fingerprint density at radius 1 is 1.27 bits per heavy atom. The second-order valence-electron chi connectivity index (χ2n) is 6.61. The van der Waals surface area contributed by atoms with Gasteiger partial charge in [-0.05, 0) is 42.5 Å². The van der Waals surface area contributed by atoms with E-state index < -0.39 is 0 Å². The van der Waals surface area contributed by atoms with Crippen molar-refractivity contribution in [3.05, 3.63) is 64.8 Å². The molecule has 2 aliphatic rings. The minimum absolute atomic E-state index is 0.100. The highest BCUT2D eigenvalue weighted by atomic mass is 32.1. The maximum absolute atomic E-state index is 13.1. The van der Waals surface area contributed by atoms with Gasteiger partial charge in [-0.25, -0.2) is 5.43 Å². The molecule has 0 bridgehead atoms. The molecule has 0 aliphatic carbocycles. The van der Waals surface area contributed by atoms with Crippen molar-refractivity contribution in [1.29, 1.82) is 0 Å². The molecule has 0 saturated carbocycles. The molecule has 26 heavy (non-hydrogen) atoms. The maximum Gasteiger partial charge on any atom is 0.265 e. The summed E-state index contributed by atoms with van der Waals surface area (Å²) in [5.74, 6) is 0.106. The summed E-state index contributed by atoms with van der Waals surface area (Å²) in [5.41, 5.74) is 7.27. The van der Waals surface area contributed by atoms with Crippen molar-refractivity contribution in [2.24, 2.45) is 0 Å². The summed E-state index contributed by atoms with van der Waals surface area (Å²) in [6.07, 6.45) is 7.54. The van der Waals surface area contributed by atoms with E-state index in [-0.39, 0.29) is 18.1 Å². The molecule has 2 aliphatic heterocycles. The Labute approximate surface area is 157 Å². The van der Waals surface area contributed by atoms with Gasteiger partial charge in [0.2, 0.25) is 0 Å². The molecule has 136 valence electrons. The average molecular weight is 369 g/mol. The first-order valence-electron chi connectivity index (χ1n) is 8.97. The predicted octanol–water partition coefficient (Wildman–Crippen LogP) is 2.20. The Balaban J connectivity index is 1.42. The third kappa shape index (κ3) is 3.80. The summed E-state index contributed by atoms with van der Waals surface area (Å²) in [7, 11) is 0. The first-order valence-corrected chi connectivity index (χ1v) is 9.85. The fourth-order valence-corrected chi connectivity index (χ4v) is 4.27. The molecule has 1 saturated heterocycles. The number of hydrazine groups is 1. The fraction of sp³-hybridized carbons (Fsp3) is 0.368. The van der Waals surface area contributed by atoms with Crippen LogP contribution in [-0.4, -0.2) is 46.0 Å². The molecule has 2 N–H and O–H groups in total. The first kappa shape index (κ1) is 17.2. The van der Waals surface area contributed by atoms with Crippen LogP contribution in [-0.2, 0) is 6.54 Å². The average Bonchev–Trinajstić information content (AvgIpc) is 3.38. The Morgan fingerprint density at radius 3 is 2.81 bits per heavy atom. The van der Waals surface area contributed by atoms with Gasteiger partial charge in [-0.3, -0.25) is 14.7 Å². The third-order valence-electron chi connectivity index (χ3n) is 4.92. The molecule has 7 heteroatoms. The highest BCUT2D eigenvalue weighted by Crippen LogP contribution is 2.24. The van der Waals surface area contributed by atoms with Gasteiger partial charge in [0.15, 0.2) is 0 Å². The minimum Gasteiger partial charge on any atom is -0.327 e. The van der Waals surface area contributed by atoms with Crippen LogP contribution >= 0.6 is 11.3 Å². The van der Waals surface area contributed by atoms with E-state index in [4.69, 9.17) is 0 Å². The smallest absolute Gasteiger partial charge is 0.265 e. The lowest BCUT2D eigenvalue weighted by Crippen LogP contribution is -2.55. The molecule has 4 heterocycles. The zero-order chi connectivity index (χ0) is 17.8. The van der Waals surface area contributed by atoms with Gasteiger partial charge in [0.05, 0.1) is 10.6 Å². The van der Waals surface area contributed by atoms with Gasteiger partial charge in [-0.2, -0.15) is 0 Å². The van der Waals surface area contributed by atoms with Crippen molar-refractivity contribution in [2.45, 2.75) is 31.6 Å². The van der Waals surface area contributed by atoms with E-state index in [2.05, 4.69) is 26.8 Å². The van der Waals surface area contributed by atoms with Gasteiger partial charge >= 0.3 is 0 Å². The number of aromatic nitrogens is 1. The van der Waals surface area contributed by atoms with Gasteiger partial charge in [0.1, 0.15) is 6.17 Å². The molecular weight excluding hydrogens is 346 g/mol. The van der Waals surface area contributed by atoms with E-state index in [1.807, 2.05) is 53.0 Å². The summed E-state index contributed by atoms with van der Waals surface area (Å²) < 4.78 is 0. The number of likely N-dealkylation sites (tertiary alicyclic amines) is 1. The van der Waals surface area contributed by atoms with Crippen LogP contribution < -0.4 is 10.9 Å². The zero-order valence-electron chi connectivity index (χ0n) is 14.5. The van der Waals surface area contributed by atoms with Gasteiger partial charge in [-0.1, -0.05) is 12.1 Å². The summed E-state index contributed by atoms with van der Waals surface area (Å²) in [4.78, 5) is 22.7. The van der Waals surface area contributed by atoms with Gasteiger partial charge in [-0.15, -0.1) is 11.3 Å². The number of amides is 1. The SMILES string of the molecule is O=C(c1cccs1)N(C1CCN(Cc2ccccn2)CC1)C1C=CNN1. The number of piperidine rings is 1. The largest absolute Gasteiger partial charge is 0.327 e. The number of rotatable bonds is 5. The lowest BCUT2D eigenvalue weighted by molar-refractivity contribution is 0.0452. The molecular formula is C19H23N5OS. The molecule has 1 atom stereocenters. The number of nitrogens with zero attached hydrogens (tertiary/aromatic N) is 3. The highest BCUT2D eigenvalue weighted by molar-refractivity contribution is 7.12. The number of carbonyl (C=O) groups excluding carboxylic acids is 1. The van der Waals surface area contributed by atoms with Crippen LogP contribution in [0.3, 0.4) is 0 Å². The molecule has 2 aromatic rings. The van der Waals surface area contributed by atoms with Crippen molar-refractivity contribution in [3.8, 4) is 0 Å². The summed E-state index contributed by atoms with van der Waals surface area (Å²) in [6.45, 7) is 2.81. The predicted molar refractivity (Wildman–Crippen MR) is 102 cm³/mol. The van der Waals surface area contributed by atoms with E-state index in [1.54, 1.807) is 0 Å². The first-order chi connectivity index (χ1) is 12.8. The number of hydrogen-bond acceptors (Lipinski definition) is 6. The van der Waals surface area contributed by atoms with Crippen molar-refractivity contribution < 1.29 is 4.79 Å². The molecule has 0 aromatic carbocycles. The monoisotopic (exact) mass is 369 g/mol. The number of nitrogens with one attached hydrogen (secondary N) is 2. The number of carbonyl (C=O) groups is 1. The van der Waals surface area contributed by atoms with Crippen LogP contribution in [0.1, 0.15) is 28.2 Å². The van der Waals surface area contributed by atoms with E-state index in [0.717, 1.165) is 43.0 Å². The van der Waals surface area contributed by atoms with Crippen LogP contribution in [0.4, 0.5) is 0 Å². The third-order valence-corrected chi connectivity index (χ3v) is 5.78. The lowest BCUT2D eigenvalue weighted by atomic mass is 10.0. The molecule has 1 fully saturated rings. The van der Waals surface area contributed by atoms with Crippen molar-refractivity contribution in [1.82, 2.24) is 25.6 Å². The molecule has 6 nitrogen and oxygen atoms in total. The fourth-order valence-electron chi connectivity index (χ4n) is 3.61. The van der Waals surface area contributed by atoms with Crippen LogP contribution in [0.25, 0.3) is 0 Å². The van der Waals surface area contributed by atoms with E-state index in [1.165, 1.54) is 11.3 Å². The molecule has 2 aromatic heterocycles. The van der Waals surface area contributed by atoms with Crippen molar-refractivity contribution in [2.75, 3.05) is 13.1 Å². The van der Waals surface area contributed by atoms with Crippen molar-refractivity contribution in [3.63, 3.8) is 0 Å². The van der Waals surface area contributed by atoms with Crippen LogP contribution in [0.2, 0.25) is 0 Å². The molecule has 1 amide bonds. The number of pyridine rings is 1. The summed E-state index contributed by atoms with van der Waals surface area (Å²) in [6, 6.07) is 10.1. The topological polar surface area (TPSA) is 60.5 Å². The molecule has 4 rings (SSSR count). The lowest BCUT2D eigenvalue weighted by Gasteiger charge is -2.40. The van der Waals surface area contributed by atoms with E-state index in [9.17, 15) is 4.79 Å². The Morgan fingerprint density at radius 2 is 2.15 bits per heavy atom. The van der Waals surface area contributed by atoms with Gasteiger partial charge in [0, 0.05) is 38.1 Å². The zero-order valence-corrected chi connectivity index (χ0v) is 15.4. The van der Waals surface area contributed by atoms with Crippen molar-refractivity contribution >= 4 is 17.2 Å². The van der Waals surface area contributed by atoms with Gasteiger partial charge in [0.25, 0.3) is 5.91 Å². The summed E-state index contributed by atoms with van der Waals surface area (Å²) >= 11 is 1.50. The minimum atomic E-state index is -0.100. The van der Waals surface area contributed by atoms with Crippen LogP contribution in [0, 0.1) is 0 Å². The molecule has 0 radical (unpaired) electrons. The quantitative estimate of drug-likeness (QED) is 0.846. The van der Waals surface area contributed by atoms with Gasteiger partial charge < -0.3 is 10.3 Å². The molecule has 1 unspecified atom stereocenters. The Kier molecular flexibility index (Phi) is 5.29. The second kappa shape index (κ2) is 7.99. The summed E-state index contributed by atoms with van der Waals surface area (Å²) in [5, 5.41) is 1.96. The Hall–Kier alpha value is -2.22. The van der Waals surface area contributed by atoms with Crippen LogP contribution in [0.5, 0.6) is 0 Å². The maximum atomic E-state index is 13.1. The van der Waals surface area contributed by atoms with E-state index in [0.29, 0.717) is 0 Å². The standard InChI is InChI=1S/C19H23N5OS/c25-19(17-5-3-13-26-17)24(18-6-10-21-22-18)16-7-11-23(12-8-16)14-15-4-1-2-9-20-15/h1-6,9-10,13,16,18,21-22H,7-8,11-12,14H2. The Bertz CT molecular complexity index is 741. The normalized spacial score (nSPS) is 20.8. The molecule has 0 spiro atoms. The van der Waals surface area contributed by atoms with Crippen LogP contribution in [0.15, 0.2) is 54.2 Å². The number of thiophene rings is 1. The second-order valence-corrected chi connectivity index (χ2v) is 7.56. The van der Waals surface area contributed by atoms with E-state index >= 15 is 0 Å². The highest BCUT2D eigenvalue weighted by Gasteiger charge is 2.34. The number of hydrogen-bond donors (Lipinski definition) is 2.